The summed E-state index contributed by atoms with van der Waals surface area (Å²) in [5.74, 6) is -0.124. The van der Waals surface area contributed by atoms with Crippen molar-refractivity contribution in [2.45, 2.75) is 0 Å². The summed E-state index contributed by atoms with van der Waals surface area (Å²) in [7, 11) is 0. The molecule has 0 amide bonds. The van der Waals surface area contributed by atoms with Gasteiger partial charge in [-0.1, -0.05) is 28.1 Å². The van der Waals surface area contributed by atoms with E-state index in [0.717, 1.165) is 10.6 Å². The van der Waals surface area contributed by atoms with E-state index in [1.165, 1.54) is 17.4 Å². The summed E-state index contributed by atoms with van der Waals surface area (Å²) in [5, 5.41) is 12.0. The zero-order valence-corrected chi connectivity index (χ0v) is 12.6. The lowest BCUT2D eigenvalue weighted by Crippen LogP contribution is -1.85. The van der Waals surface area contributed by atoms with Crippen molar-refractivity contribution < 1.29 is 9.50 Å². The van der Waals surface area contributed by atoms with Crippen molar-refractivity contribution in [3.63, 3.8) is 0 Å². The highest BCUT2D eigenvalue weighted by atomic mass is 79.9. The molecule has 0 aliphatic rings. The molecule has 5 heteroatoms. The Labute approximate surface area is 127 Å². The quantitative estimate of drug-likeness (QED) is 0.699. The average molecular weight is 350 g/mol. The molecule has 1 heterocycles. The SMILES string of the molecule is Oc1cccc(-c2nc(-c3ccc(Br)cc3F)cs2)c1. The molecular weight excluding hydrogens is 341 g/mol. The van der Waals surface area contributed by atoms with Crippen LogP contribution in [0.1, 0.15) is 0 Å². The summed E-state index contributed by atoms with van der Waals surface area (Å²) in [6, 6.07) is 11.8. The number of rotatable bonds is 2. The second kappa shape index (κ2) is 5.34. The summed E-state index contributed by atoms with van der Waals surface area (Å²) in [4.78, 5) is 4.43. The Bertz CT molecular complexity index is 772. The lowest BCUT2D eigenvalue weighted by Gasteiger charge is -2.00. The number of nitrogens with zero attached hydrogens (tertiary/aromatic N) is 1. The predicted molar refractivity (Wildman–Crippen MR) is 82.3 cm³/mol. The first-order valence-corrected chi connectivity index (χ1v) is 7.51. The van der Waals surface area contributed by atoms with Gasteiger partial charge in [-0.3, -0.25) is 0 Å². The van der Waals surface area contributed by atoms with Crippen molar-refractivity contribution in [1.82, 2.24) is 4.98 Å². The minimum atomic E-state index is -0.313. The van der Waals surface area contributed by atoms with E-state index >= 15 is 0 Å². The van der Waals surface area contributed by atoms with Crippen LogP contribution in [0.4, 0.5) is 4.39 Å². The molecule has 1 N–H and O–H groups in total. The van der Waals surface area contributed by atoms with Crippen molar-refractivity contribution in [3.8, 4) is 27.6 Å². The van der Waals surface area contributed by atoms with Gasteiger partial charge in [0, 0.05) is 21.0 Å². The van der Waals surface area contributed by atoms with Gasteiger partial charge in [0.05, 0.1) is 5.69 Å². The van der Waals surface area contributed by atoms with Gasteiger partial charge < -0.3 is 5.11 Å². The number of phenols is 1. The summed E-state index contributed by atoms with van der Waals surface area (Å²) >= 11 is 4.65. The van der Waals surface area contributed by atoms with Gasteiger partial charge in [-0.25, -0.2) is 9.37 Å². The minimum absolute atomic E-state index is 0.189. The van der Waals surface area contributed by atoms with Gasteiger partial charge in [-0.15, -0.1) is 11.3 Å². The van der Waals surface area contributed by atoms with Crippen LogP contribution in [0.25, 0.3) is 21.8 Å². The van der Waals surface area contributed by atoms with Gasteiger partial charge in [0.25, 0.3) is 0 Å². The Morgan fingerprint density at radius 2 is 2.00 bits per heavy atom. The van der Waals surface area contributed by atoms with E-state index in [4.69, 9.17) is 0 Å². The van der Waals surface area contributed by atoms with Crippen LogP contribution in [0.5, 0.6) is 5.75 Å². The van der Waals surface area contributed by atoms with Crippen molar-refractivity contribution >= 4 is 27.3 Å². The van der Waals surface area contributed by atoms with Gasteiger partial charge >= 0.3 is 0 Å². The molecule has 2 aromatic carbocycles. The van der Waals surface area contributed by atoms with Crippen molar-refractivity contribution in [2.24, 2.45) is 0 Å². The van der Waals surface area contributed by atoms with Gasteiger partial charge in [-0.2, -0.15) is 0 Å². The normalized spacial score (nSPS) is 10.7. The van der Waals surface area contributed by atoms with E-state index in [-0.39, 0.29) is 11.6 Å². The molecule has 0 spiro atoms. The van der Waals surface area contributed by atoms with Crippen LogP contribution in [0.2, 0.25) is 0 Å². The molecule has 0 unspecified atom stereocenters. The number of aromatic nitrogens is 1. The highest BCUT2D eigenvalue weighted by Gasteiger charge is 2.11. The highest BCUT2D eigenvalue weighted by molar-refractivity contribution is 9.10. The van der Waals surface area contributed by atoms with Crippen LogP contribution in [-0.2, 0) is 0 Å². The molecule has 1 aromatic heterocycles. The van der Waals surface area contributed by atoms with Crippen LogP contribution in [0.3, 0.4) is 0 Å². The Kier molecular flexibility index (Phi) is 3.54. The number of thiazole rings is 1. The molecule has 0 saturated carbocycles. The smallest absolute Gasteiger partial charge is 0.133 e. The third kappa shape index (κ3) is 2.59. The topological polar surface area (TPSA) is 33.1 Å². The molecule has 0 atom stereocenters. The Hall–Kier alpha value is -1.72. The van der Waals surface area contributed by atoms with Crippen LogP contribution in [-0.4, -0.2) is 10.1 Å². The first kappa shape index (κ1) is 13.3. The molecule has 0 radical (unpaired) electrons. The first-order valence-electron chi connectivity index (χ1n) is 5.84. The molecule has 100 valence electrons. The zero-order valence-electron chi connectivity index (χ0n) is 10.2. The number of halogens is 2. The largest absolute Gasteiger partial charge is 0.508 e. The van der Waals surface area contributed by atoms with Crippen LogP contribution < -0.4 is 0 Å². The van der Waals surface area contributed by atoms with E-state index in [0.29, 0.717) is 15.7 Å². The van der Waals surface area contributed by atoms with Crippen LogP contribution in [0.15, 0.2) is 52.3 Å². The van der Waals surface area contributed by atoms with E-state index in [9.17, 15) is 9.50 Å². The van der Waals surface area contributed by atoms with Gasteiger partial charge in [0.15, 0.2) is 0 Å². The second-order valence-corrected chi connectivity index (χ2v) is 5.99. The summed E-state index contributed by atoms with van der Waals surface area (Å²) < 4.78 is 14.6. The number of hydrogen-bond donors (Lipinski definition) is 1. The highest BCUT2D eigenvalue weighted by Crippen LogP contribution is 2.32. The molecular formula is C15H9BrFNOS. The summed E-state index contributed by atoms with van der Waals surface area (Å²) in [6.07, 6.45) is 0. The first-order chi connectivity index (χ1) is 9.63. The van der Waals surface area contributed by atoms with E-state index in [2.05, 4.69) is 20.9 Å². The molecule has 20 heavy (non-hydrogen) atoms. The zero-order chi connectivity index (χ0) is 14.1. The standard InChI is InChI=1S/C15H9BrFNOS/c16-10-4-5-12(13(17)7-10)14-8-20-15(18-14)9-2-1-3-11(19)6-9/h1-8,19H. The minimum Gasteiger partial charge on any atom is -0.508 e. The van der Waals surface area contributed by atoms with Crippen LogP contribution >= 0.6 is 27.3 Å². The van der Waals surface area contributed by atoms with E-state index < -0.39 is 0 Å². The molecule has 3 rings (SSSR count). The maximum Gasteiger partial charge on any atom is 0.133 e. The van der Waals surface area contributed by atoms with Crippen molar-refractivity contribution in [3.05, 3.63) is 58.1 Å². The lowest BCUT2D eigenvalue weighted by atomic mass is 10.1. The maximum absolute atomic E-state index is 13.9. The number of aromatic hydroxyl groups is 1. The second-order valence-electron chi connectivity index (χ2n) is 4.21. The third-order valence-corrected chi connectivity index (χ3v) is 4.19. The van der Waals surface area contributed by atoms with Gasteiger partial charge in [0.1, 0.15) is 16.6 Å². The van der Waals surface area contributed by atoms with Crippen LogP contribution in [0, 0.1) is 5.82 Å². The Morgan fingerprint density at radius 1 is 1.15 bits per heavy atom. The maximum atomic E-state index is 13.9. The molecule has 0 aliphatic carbocycles. The molecule has 0 bridgehead atoms. The molecule has 0 aliphatic heterocycles. The number of benzene rings is 2. The summed E-state index contributed by atoms with van der Waals surface area (Å²) in [5.41, 5.74) is 1.88. The Morgan fingerprint density at radius 3 is 2.75 bits per heavy atom. The van der Waals surface area contributed by atoms with E-state index in [1.54, 1.807) is 30.3 Å². The fraction of sp³-hybridized carbons (Fsp3) is 0. The van der Waals surface area contributed by atoms with Gasteiger partial charge in [-0.05, 0) is 30.3 Å². The third-order valence-electron chi connectivity index (χ3n) is 2.80. The Balaban J connectivity index is 2.02. The lowest BCUT2D eigenvalue weighted by molar-refractivity contribution is 0.475. The van der Waals surface area contributed by atoms with Crippen molar-refractivity contribution in [1.29, 1.82) is 0 Å². The van der Waals surface area contributed by atoms with Gasteiger partial charge in [0.2, 0.25) is 0 Å². The average Bonchev–Trinajstić information content (AvgIpc) is 2.88. The van der Waals surface area contributed by atoms with E-state index in [1.807, 2.05) is 11.4 Å². The molecule has 3 aromatic rings. The molecule has 0 saturated heterocycles. The molecule has 2 nitrogen and oxygen atoms in total. The molecule has 0 fully saturated rings. The fourth-order valence-corrected chi connectivity index (χ4v) is 3.02. The fourth-order valence-electron chi connectivity index (χ4n) is 1.87. The number of phenolic OH excluding ortho intramolecular Hbond substituents is 1. The number of hydrogen-bond acceptors (Lipinski definition) is 3. The monoisotopic (exact) mass is 349 g/mol. The van der Waals surface area contributed by atoms with Crippen molar-refractivity contribution in [2.75, 3.05) is 0 Å². The predicted octanol–water partition coefficient (Wildman–Crippen LogP) is 5.08. The summed E-state index contributed by atoms with van der Waals surface area (Å²) in [6.45, 7) is 0.